The van der Waals surface area contributed by atoms with Crippen molar-refractivity contribution < 1.29 is 9.59 Å². The number of halogens is 2. The third kappa shape index (κ3) is 5.59. The van der Waals surface area contributed by atoms with E-state index < -0.39 is 0 Å². The van der Waals surface area contributed by atoms with Gasteiger partial charge in [-0.05, 0) is 66.8 Å². The molecule has 3 amide bonds. The number of benzene rings is 3. The van der Waals surface area contributed by atoms with Gasteiger partial charge in [-0.1, -0.05) is 65.7 Å². The van der Waals surface area contributed by atoms with Crippen molar-refractivity contribution in [2.45, 2.75) is 31.3 Å². The number of hydrogen-bond acceptors (Lipinski definition) is 5. The third-order valence-corrected chi connectivity index (χ3v) is 10.7. The number of urea groups is 1. The highest BCUT2D eigenvalue weighted by molar-refractivity contribution is 6.32. The summed E-state index contributed by atoms with van der Waals surface area (Å²) < 4.78 is 2.13. The predicted molar refractivity (Wildman–Crippen MR) is 201 cm³/mol. The van der Waals surface area contributed by atoms with Crippen molar-refractivity contribution in [2.24, 2.45) is 0 Å². The van der Waals surface area contributed by atoms with Gasteiger partial charge in [0.05, 0.1) is 29.4 Å². The maximum Gasteiger partial charge on any atom is 0.317 e. The molecule has 0 aliphatic carbocycles. The average Bonchev–Trinajstić information content (AvgIpc) is 3.72. The molecular formula is C39H34Cl2N8O2. The molecule has 3 aromatic carbocycles. The lowest BCUT2D eigenvalue weighted by atomic mass is 9.88. The van der Waals surface area contributed by atoms with E-state index in [1.54, 1.807) is 6.20 Å². The quantitative estimate of drug-likeness (QED) is 0.162. The van der Waals surface area contributed by atoms with Gasteiger partial charge < -0.3 is 30.0 Å². The molecule has 3 aliphatic rings. The number of rotatable bonds is 6. The summed E-state index contributed by atoms with van der Waals surface area (Å²) in [6.45, 7) is 3.06. The topological polar surface area (TPSA) is 111 Å². The Morgan fingerprint density at radius 3 is 2.39 bits per heavy atom. The van der Waals surface area contributed by atoms with Crippen LogP contribution in [0.15, 0.2) is 91.4 Å². The first kappa shape index (κ1) is 31.6. The van der Waals surface area contributed by atoms with E-state index in [1.165, 1.54) is 0 Å². The summed E-state index contributed by atoms with van der Waals surface area (Å²) in [4.78, 5) is 44.2. The lowest BCUT2D eigenvalue weighted by Crippen LogP contribution is -2.53. The summed E-state index contributed by atoms with van der Waals surface area (Å²) in [6, 6.07) is 25.2. The number of likely N-dealkylation sites (tertiary alicyclic amines) is 1. The molecule has 9 rings (SSSR count). The van der Waals surface area contributed by atoms with E-state index in [0.29, 0.717) is 40.3 Å². The normalized spacial score (nSPS) is 16.9. The lowest BCUT2D eigenvalue weighted by molar-refractivity contribution is 0.102. The number of carbonyl (C=O) groups is 2. The molecule has 0 saturated carbocycles. The zero-order valence-corrected chi connectivity index (χ0v) is 29.1. The number of carbonyl (C=O) groups excluding carboxylic acids is 2. The smallest absolute Gasteiger partial charge is 0.317 e. The number of aromatic nitrogens is 4. The Morgan fingerprint density at radius 2 is 1.65 bits per heavy atom. The Labute approximate surface area is 304 Å². The molecule has 1 atom stereocenters. The van der Waals surface area contributed by atoms with E-state index in [2.05, 4.69) is 25.1 Å². The number of H-pyrrole nitrogens is 1. The van der Waals surface area contributed by atoms with Crippen LogP contribution in [-0.4, -0.2) is 68.6 Å². The fourth-order valence-corrected chi connectivity index (χ4v) is 8.00. The fourth-order valence-electron chi connectivity index (χ4n) is 7.65. The highest BCUT2D eigenvalue weighted by atomic mass is 35.5. The molecule has 2 fully saturated rings. The molecule has 0 unspecified atom stereocenters. The van der Waals surface area contributed by atoms with Crippen LogP contribution < -0.4 is 15.5 Å². The van der Waals surface area contributed by atoms with Gasteiger partial charge in [0.1, 0.15) is 5.69 Å². The van der Waals surface area contributed by atoms with Crippen molar-refractivity contribution in [3.05, 3.63) is 118 Å². The molecule has 3 aliphatic heterocycles. The van der Waals surface area contributed by atoms with Crippen molar-refractivity contribution in [3.8, 4) is 22.5 Å². The van der Waals surface area contributed by atoms with Gasteiger partial charge >= 0.3 is 6.03 Å². The van der Waals surface area contributed by atoms with Crippen LogP contribution in [0.2, 0.25) is 10.0 Å². The molecule has 0 radical (unpaired) electrons. The van der Waals surface area contributed by atoms with Gasteiger partial charge in [0.2, 0.25) is 0 Å². The van der Waals surface area contributed by atoms with Gasteiger partial charge in [-0.15, -0.1) is 0 Å². The molecule has 10 nitrogen and oxygen atoms in total. The van der Waals surface area contributed by atoms with Crippen molar-refractivity contribution in [1.29, 1.82) is 0 Å². The third-order valence-electron chi connectivity index (χ3n) is 10.3. The first-order chi connectivity index (χ1) is 24.9. The Bertz CT molecular complexity index is 2290. The fraction of sp³-hybridized carbons (Fsp3) is 0.231. The van der Waals surface area contributed by atoms with Gasteiger partial charge in [0, 0.05) is 70.5 Å². The summed E-state index contributed by atoms with van der Waals surface area (Å²) in [5.74, 6) is 0.399. The van der Waals surface area contributed by atoms with E-state index in [1.807, 2.05) is 90.1 Å². The maximum absolute atomic E-state index is 14.5. The van der Waals surface area contributed by atoms with E-state index in [-0.39, 0.29) is 24.0 Å². The van der Waals surface area contributed by atoms with Crippen LogP contribution in [-0.2, 0) is 0 Å². The van der Waals surface area contributed by atoms with Crippen LogP contribution >= 0.6 is 23.2 Å². The van der Waals surface area contributed by atoms with Crippen molar-refractivity contribution >= 4 is 57.5 Å². The number of nitrogens with zero attached hydrogens (tertiary/aromatic N) is 5. The summed E-state index contributed by atoms with van der Waals surface area (Å²) in [6.07, 6.45) is 6.23. The highest BCUT2D eigenvalue weighted by Crippen LogP contribution is 2.50. The van der Waals surface area contributed by atoms with E-state index in [9.17, 15) is 9.59 Å². The van der Waals surface area contributed by atoms with Crippen LogP contribution in [0.1, 0.15) is 46.9 Å². The van der Waals surface area contributed by atoms with Crippen molar-refractivity contribution in [3.63, 3.8) is 0 Å². The minimum absolute atomic E-state index is 0.0217. The number of aromatic amines is 1. The summed E-state index contributed by atoms with van der Waals surface area (Å²) in [5, 5.41) is 8.50. The lowest BCUT2D eigenvalue weighted by Gasteiger charge is -2.37. The zero-order valence-electron chi connectivity index (χ0n) is 27.6. The van der Waals surface area contributed by atoms with Crippen molar-refractivity contribution in [2.75, 3.05) is 36.4 Å². The molecule has 0 spiro atoms. The van der Waals surface area contributed by atoms with Crippen LogP contribution in [0.4, 0.5) is 16.3 Å². The second-order valence-corrected chi connectivity index (χ2v) is 14.2. The second kappa shape index (κ2) is 12.8. The Balaban J connectivity index is 1.09. The molecule has 3 aromatic heterocycles. The molecular weight excluding hydrogens is 683 g/mol. The molecule has 2 saturated heterocycles. The standard InChI is InChI=1S/C39H34Cl2N8O2/c40-25-11-9-24(10-12-25)35-28-20-26(41)21-30-31(28)32(36-33(43-22-49(35)36)23-6-2-1-3-7-23)34(45-30)38(50)46-29-8-4-15-42-37(29)47-18-13-27(14-19-47)44-39(51)48-16-5-17-48/h1-4,6-12,15,20-22,27,35,45H,5,13-14,16-19H2,(H,44,51)(H,46,50)/t35-/m1/s1. The molecule has 51 heavy (non-hydrogen) atoms. The van der Waals surface area contributed by atoms with Crippen LogP contribution in [0.25, 0.3) is 33.4 Å². The number of hydrogen-bond donors (Lipinski definition) is 3. The Hall–Kier alpha value is -5.32. The molecule has 3 N–H and O–H groups in total. The van der Waals surface area contributed by atoms with E-state index in [4.69, 9.17) is 33.2 Å². The first-order valence-corrected chi connectivity index (χ1v) is 18.0. The SMILES string of the molecule is O=C(Nc1cccnc1N1CCC(NC(=O)N2CCC2)CC1)c1[nH]c2cc(Cl)cc3c2c1-c1c(-c2ccccc2)ncn1[C@@H]3c1ccc(Cl)cc1. The summed E-state index contributed by atoms with van der Waals surface area (Å²) >= 11 is 13.1. The van der Waals surface area contributed by atoms with Gasteiger partial charge in [-0.2, -0.15) is 0 Å². The number of imidazole rings is 1. The van der Waals surface area contributed by atoms with E-state index in [0.717, 1.165) is 76.9 Å². The van der Waals surface area contributed by atoms with Crippen LogP contribution in [0, 0.1) is 0 Å². The van der Waals surface area contributed by atoms with E-state index >= 15 is 0 Å². The number of amides is 3. The Morgan fingerprint density at radius 1 is 0.863 bits per heavy atom. The van der Waals surface area contributed by atoms with Gasteiger partial charge in [0.15, 0.2) is 5.82 Å². The zero-order chi connectivity index (χ0) is 34.6. The molecule has 256 valence electrons. The summed E-state index contributed by atoms with van der Waals surface area (Å²) in [7, 11) is 0. The van der Waals surface area contributed by atoms with Crippen molar-refractivity contribution in [1.82, 2.24) is 29.7 Å². The second-order valence-electron chi connectivity index (χ2n) is 13.3. The number of piperidine rings is 1. The molecule has 6 aromatic rings. The first-order valence-electron chi connectivity index (χ1n) is 17.2. The minimum atomic E-state index is -0.300. The predicted octanol–water partition coefficient (Wildman–Crippen LogP) is 7.99. The molecule has 6 heterocycles. The average molecular weight is 718 g/mol. The number of pyridine rings is 1. The monoisotopic (exact) mass is 716 g/mol. The minimum Gasteiger partial charge on any atom is -0.355 e. The van der Waals surface area contributed by atoms with Gasteiger partial charge in [0.25, 0.3) is 5.91 Å². The number of nitrogens with one attached hydrogen (secondary N) is 3. The maximum atomic E-state index is 14.5. The van der Waals surface area contributed by atoms with Crippen LogP contribution in [0.5, 0.6) is 0 Å². The molecule has 0 bridgehead atoms. The highest BCUT2D eigenvalue weighted by Gasteiger charge is 2.36. The number of anilines is 2. The number of fused-ring (bicyclic) bond motifs is 2. The van der Waals surface area contributed by atoms with Gasteiger partial charge in [-0.25, -0.2) is 14.8 Å². The molecule has 12 heteroatoms. The van der Waals surface area contributed by atoms with Gasteiger partial charge in [-0.3, -0.25) is 4.79 Å². The Kier molecular flexibility index (Phi) is 7.93. The summed E-state index contributed by atoms with van der Waals surface area (Å²) in [5.41, 5.74) is 7.07. The largest absolute Gasteiger partial charge is 0.355 e. The van der Waals surface area contributed by atoms with Crippen LogP contribution in [0.3, 0.4) is 0 Å².